The van der Waals surface area contributed by atoms with Crippen LogP contribution in [0, 0.1) is 20.8 Å². The van der Waals surface area contributed by atoms with Crippen molar-refractivity contribution in [2.45, 2.75) is 27.7 Å². The Kier molecular flexibility index (Phi) is 5.89. The predicted octanol–water partition coefficient (Wildman–Crippen LogP) is 4.03. The van der Waals surface area contributed by atoms with Gasteiger partial charge in [-0.3, -0.25) is 19.7 Å². The number of imide groups is 2. The number of aryl methyl sites for hydroxylation is 2. The van der Waals surface area contributed by atoms with Gasteiger partial charge in [0.2, 0.25) is 5.91 Å². The number of barbiturate groups is 1. The third-order valence-corrected chi connectivity index (χ3v) is 5.61. The lowest BCUT2D eigenvalue weighted by molar-refractivity contribution is -0.122. The molecule has 1 aromatic heterocycles. The Morgan fingerprint density at radius 2 is 1.53 bits per heavy atom. The van der Waals surface area contributed by atoms with Crippen molar-refractivity contribution in [3.63, 3.8) is 0 Å². The van der Waals surface area contributed by atoms with E-state index < -0.39 is 17.8 Å². The van der Waals surface area contributed by atoms with Gasteiger partial charge in [-0.2, -0.15) is 0 Å². The predicted molar refractivity (Wildman–Crippen MR) is 130 cm³/mol. The zero-order chi connectivity index (χ0) is 24.6. The summed E-state index contributed by atoms with van der Waals surface area (Å²) in [6.45, 7) is 7.15. The quantitative estimate of drug-likeness (QED) is 0.457. The number of carbonyl (C=O) groups is 4. The summed E-state index contributed by atoms with van der Waals surface area (Å²) in [6.07, 6.45) is 1.51. The molecule has 0 spiro atoms. The molecule has 8 heteroatoms. The Morgan fingerprint density at radius 1 is 0.912 bits per heavy atom. The Bertz CT molecular complexity index is 1350. The average molecular weight is 457 g/mol. The lowest BCUT2D eigenvalue weighted by Gasteiger charge is -2.26. The van der Waals surface area contributed by atoms with Crippen molar-refractivity contribution < 1.29 is 19.2 Å². The third-order valence-electron chi connectivity index (χ3n) is 5.61. The van der Waals surface area contributed by atoms with Crippen molar-refractivity contribution in [3.05, 3.63) is 82.7 Å². The number of benzene rings is 2. The average Bonchev–Trinajstić information content (AvgIpc) is 3.05. The van der Waals surface area contributed by atoms with Gasteiger partial charge in [0.15, 0.2) is 0 Å². The second-order valence-corrected chi connectivity index (χ2v) is 8.18. The van der Waals surface area contributed by atoms with Gasteiger partial charge in [0.25, 0.3) is 11.8 Å². The molecule has 0 bridgehead atoms. The van der Waals surface area contributed by atoms with E-state index in [0.29, 0.717) is 16.9 Å². The minimum absolute atomic E-state index is 0.124. The Hall–Kier alpha value is -4.46. The van der Waals surface area contributed by atoms with Gasteiger partial charge in [0, 0.05) is 29.7 Å². The first kappa shape index (κ1) is 22.7. The van der Waals surface area contributed by atoms with E-state index >= 15 is 0 Å². The van der Waals surface area contributed by atoms with Gasteiger partial charge in [-0.1, -0.05) is 17.7 Å². The van der Waals surface area contributed by atoms with Crippen LogP contribution < -0.4 is 15.5 Å². The van der Waals surface area contributed by atoms with Crippen molar-refractivity contribution in [1.29, 1.82) is 0 Å². The van der Waals surface area contributed by atoms with E-state index in [4.69, 9.17) is 0 Å². The number of rotatable bonds is 4. The van der Waals surface area contributed by atoms with Crippen molar-refractivity contribution in [1.82, 2.24) is 9.88 Å². The summed E-state index contributed by atoms with van der Waals surface area (Å²) in [4.78, 5) is 50.4. The number of anilines is 2. The standard InChI is InChI=1S/C26H24N4O4/c1-15-5-9-22(10-6-15)30-25(33)23(24(32)28-26(30)34)14-19-13-16(2)29(17(19)3)21-11-7-20(8-12-21)27-18(4)31/h5-14H,1-4H3,(H,27,31)(H,28,32,34). The number of urea groups is 1. The van der Waals surface area contributed by atoms with Crippen LogP contribution in [0.2, 0.25) is 0 Å². The molecule has 1 aliphatic heterocycles. The second kappa shape index (κ2) is 8.82. The van der Waals surface area contributed by atoms with Gasteiger partial charge in [-0.15, -0.1) is 0 Å². The lowest BCUT2D eigenvalue weighted by Crippen LogP contribution is -2.54. The summed E-state index contributed by atoms with van der Waals surface area (Å²) >= 11 is 0. The zero-order valence-electron chi connectivity index (χ0n) is 19.3. The SMILES string of the molecule is CC(=O)Nc1ccc(-n2c(C)cc(C=C3C(=O)NC(=O)N(c4ccc(C)cc4)C3=O)c2C)cc1. The number of nitrogens with one attached hydrogen (secondary N) is 2. The first-order valence-corrected chi connectivity index (χ1v) is 10.7. The number of amides is 5. The summed E-state index contributed by atoms with van der Waals surface area (Å²) < 4.78 is 1.98. The molecular weight excluding hydrogens is 432 g/mol. The summed E-state index contributed by atoms with van der Waals surface area (Å²) in [5, 5.41) is 4.99. The highest BCUT2D eigenvalue weighted by Gasteiger charge is 2.37. The first-order valence-electron chi connectivity index (χ1n) is 10.7. The van der Waals surface area contributed by atoms with E-state index in [1.54, 1.807) is 36.4 Å². The van der Waals surface area contributed by atoms with Gasteiger partial charge >= 0.3 is 6.03 Å². The summed E-state index contributed by atoms with van der Waals surface area (Å²) in [7, 11) is 0. The molecule has 3 aromatic rings. The molecule has 2 aromatic carbocycles. The number of hydrogen-bond donors (Lipinski definition) is 2. The molecule has 34 heavy (non-hydrogen) atoms. The third kappa shape index (κ3) is 4.25. The van der Waals surface area contributed by atoms with Crippen molar-refractivity contribution in [3.8, 4) is 5.69 Å². The second-order valence-electron chi connectivity index (χ2n) is 8.18. The molecule has 2 N–H and O–H groups in total. The Balaban J connectivity index is 1.70. The monoisotopic (exact) mass is 456 g/mol. The number of hydrogen-bond acceptors (Lipinski definition) is 4. The van der Waals surface area contributed by atoms with Crippen LogP contribution in [0.5, 0.6) is 0 Å². The van der Waals surface area contributed by atoms with E-state index in [0.717, 1.165) is 27.5 Å². The Labute approximate surface area is 196 Å². The maximum atomic E-state index is 13.2. The van der Waals surface area contributed by atoms with E-state index in [2.05, 4.69) is 10.6 Å². The maximum absolute atomic E-state index is 13.2. The fraction of sp³-hybridized carbons (Fsp3) is 0.154. The van der Waals surface area contributed by atoms with Crippen LogP contribution in [0.25, 0.3) is 11.8 Å². The highest BCUT2D eigenvalue weighted by molar-refractivity contribution is 6.39. The molecular formula is C26H24N4O4. The van der Waals surface area contributed by atoms with E-state index in [1.165, 1.54) is 13.0 Å². The fourth-order valence-electron chi connectivity index (χ4n) is 3.97. The minimum atomic E-state index is -0.777. The van der Waals surface area contributed by atoms with Crippen LogP contribution in [0.4, 0.5) is 16.2 Å². The minimum Gasteiger partial charge on any atom is -0.326 e. The summed E-state index contributed by atoms with van der Waals surface area (Å²) in [6, 6.07) is 15.4. The van der Waals surface area contributed by atoms with Crippen LogP contribution in [-0.2, 0) is 14.4 Å². The molecule has 0 radical (unpaired) electrons. The first-order chi connectivity index (χ1) is 16.2. The van der Waals surface area contributed by atoms with Gasteiger partial charge in [-0.25, -0.2) is 9.69 Å². The summed E-state index contributed by atoms with van der Waals surface area (Å²) in [5.41, 5.74) is 5.19. The Morgan fingerprint density at radius 3 is 2.15 bits per heavy atom. The number of aromatic nitrogens is 1. The molecule has 0 unspecified atom stereocenters. The van der Waals surface area contributed by atoms with Crippen LogP contribution in [0.15, 0.2) is 60.2 Å². The van der Waals surface area contributed by atoms with Crippen molar-refractivity contribution >= 4 is 41.2 Å². The van der Waals surface area contributed by atoms with E-state index in [-0.39, 0.29) is 11.5 Å². The molecule has 2 heterocycles. The molecule has 0 atom stereocenters. The number of carbonyl (C=O) groups excluding carboxylic acids is 4. The van der Waals surface area contributed by atoms with Gasteiger partial charge < -0.3 is 9.88 Å². The highest BCUT2D eigenvalue weighted by atomic mass is 16.2. The smallest absolute Gasteiger partial charge is 0.326 e. The van der Waals surface area contributed by atoms with Crippen LogP contribution in [0.1, 0.15) is 29.4 Å². The topological polar surface area (TPSA) is 101 Å². The van der Waals surface area contributed by atoms with E-state index in [9.17, 15) is 19.2 Å². The van der Waals surface area contributed by atoms with Crippen molar-refractivity contribution in [2.75, 3.05) is 10.2 Å². The number of nitrogens with zero attached hydrogens (tertiary/aromatic N) is 2. The van der Waals surface area contributed by atoms with Gasteiger partial charge in [-0.05, 0) is 74.9 Å². The van der Waals surface area contributed by atoms with Gasteiger partial charge in [0.05, 0.1) is 5.69 Å². The molecule has 8 nitrogen and oxygen atoms in total. The maximum Gasteiger partial charge on any atom is 0.335 e. The molecule has 4 rings (SSSR count). The fourth-order valence-corrected chi connectivity index (χ4v) is 3.97. The molecule has 1 aliphatic rings. The highest BCUT2D eigenvalue weighted by Crippen LogP contribution is 2.26. The van der Waals surface area contributed by atoms with Crippen LogP contribution in [0.3, 0.4) is 0 Å². The van der Waals surface area contributed by atoms with E-state index in [1.807, 2.05) is 43.5 Å². The summed E-state index contributed by atoms with van der Waals surface area (Å²) in [5.74, 6) is -1.56. The lowest BCUT2D eigenvalue weighted by atomic mass is 10.1. The molecule has 0 saturated carbocycles. The van der Waals surface area contributed by atoms with Crippen LogP contribution >= 0.6 is 0 Å². The van der Waals surface area contributed by atoms with Crippen LogP contribution in [-0.4, -0.2) is 28.3 Å². The molecule has 5 amide bonds. The zero-order valence-corrected chi connectivity index (χ0v) is 19.3. The van der Waals surface area contributed by atoms with Gasteiger partial charge in [0.1, 0.15) is 5.57 Å². The van der Waals surface area contributed by atoms with Crippen molar-refractivity contribution in [2.24, 2.45) is 0 Å². The molecule has 1 saturated heterocycles. The normalized spacial score (nSPS) is 15.0. The largest absolute Gasteiger partial charge is 0.335 e. The molecule has 0 aliphatic carbocycles. The molecule has 1 fully saturated rings. The molecule has 172 valence electrons.